The summed E-state index contributed by atoms with van der Waals surface area (Å²) < 4.78 is 0. The van der Waals surface area contributed by atoms with Crippen LogP contribution >= 0.6 is 0 Å². The van der Waals surface area contributed by atoms with E-state index < -0.39 is 0 Å². The Morgan fingerprint density at radius 3 is 2.53 bits per heavy atom. The zero-order valence-electron chi connectivity index (χ0n) is 9.40. The van der Waals surface area contributed by atoms with E-state index in [1.807, 2.05) is 6.07 Å². The van der Waals surface area contributed by atoms with Crippen molar-refractivity contribution in [3.63, 3.8) is 0 Å². The first-order chi connectivity index (χ1) is 7.09. The van der Waals surface area contributed by atoms with Crippen molar-refractivity contribution in [3.8, 4) is 0 Å². The molecule has 0 aromatic heterocycles. The van der Waals surface area contributed by atoms with Gasteiger partial charge in [-0.05, 0) is 31.7 Å². The Morgan fingerprint density at radius 2 is 1.93 bits per heavy atom. The van der Waals surface area contributed by atoms with Gasteiger partial charge in [0, 0.05) is 12.1 Å². The van der Waals surface area contributed by atoms with Crippen LogP contribution < -0.4 is 5.32 Å². The summed E-state index contributed by atoms with van der Waals surface area (Å²) in [6, 6.07) is 10.4. The predicted molar refractivity (Wildman–Crippen MR) is 61.9 cm³/mol. The fourth-order valence-electron chi connectivity index (χ4n) is 2.13. The van der Waals surface area contributed by atoms with Gasteiger partial charge in [-0.2, -0.15) is 0 Å². The molecule has 15 heavy (non-hydrogen) atoms. The molecule has 1 heterocycles. The minimum absolute atomic E-state index is 0.148. The van der Waals surface area contributed by atoms with E-state index in [1.165, 1.54) is 5.56 Å². The predicted octanol–water partition coefficient (Wildman–Crippen LogP) is 1.90. The highest BCUT2D eigenvalue weighted by molar-refractivity contribution is 5.21. The van der Waals surface area contributed by atoms with Gasteiger partial charge in [-0.1, -0.05) is 30.3 Å². The normalized spacial score (nSPS) is 30.1. The number of aliphatic hydroxyl groups excluding tert-OH is 1. The van der Waals surface area contributed by atoms with Crippen molar-refractivity contribution < 1.29 is 5.11 Å². The maximum atomic E-state index is 10.0. The standard InChI is InChI=1S/C13H19NO/c1-13(2)12(15)8-11(9-14-13)10-6-4-3-5-7-10/h3-7,11-12,14-15H,8-9H2,1-2H3. The zero-order chi connectivity index (χ0) is 10.9. The fourth-order valence-corrected chi connectivity index (χ4v) is 2.13. The monoisotopic (exact) mass is 205 g/mol. The third kappa shape index (κ3) is 2.21. The molecule has 1 aliphatic rings. The summed E-state index contributed by atoms with van der Waals surface area (Å²) in [7, 11) is 0. The number of benzene rings is 1. The summed E-state index contributed by atoms with van der Waals surface area (Å²) in [5, 5.41) is 13.4. The molecule has 2 heteroatoms. The second-order valence-corrected chi connectivity index (χ2v) is 4.96. The topological polar surface area (TPSA) is 32.3 Å². The highest BCUT2D eigenvalue weighted by atomic mass is 16.3. The lowest BCUT2D eigenvalue weighted by atomic mass is 9.81. The lowest BCUT2D eigenvalue weighted by Gasteiger charge is -2.40. The molecule has 0 bridgehead atoms. The summed E-state index contributed by atoms with van der Waals surface area (Å²) in [5.41, 5.74) is 1.17. The Labute approximate surface area is 91.3 Å². The van der Waals surface area contributed by atoms with Crippen molar-refractivity contribution in [2.75, 3.05) is 6.54 Å². The minimum Gasteiger partial charge on any atom is -0.391 e. The molecule has 0 amide bonds. The van der Waals surface area contributed by atoms with Gasteiger partial charge in [0.1, 0.15) is 0 Å². The van der Waals surface area contributed by atoms with Crippen molar-refractivity contribution in [1.29, 1.82) is 0 Å². The second kappa shape index (κ2) is 3.95. The van der Waals surface area contributed by atoms with Gasteiger partial charge in [0.2, 0.25) is 0 Å². The molecule has 0 spiro atoms. The number of piperidine rings is 1. The van der Waals surface area contributed by atoms with E-state index in [9.17, 15) is 5.11 Å². The summed E-state index contributed by atoms with van der Waals surface area (Å²) in [6.45, 7) is 5.06. The molecule has 82 valence electrons. The van der Waals surface area contributed by atoms with Crippen LogP contribution in [0.2, 0.25) is 0 Å². The van der Waals surface area contributed by atoms with E-state index in [0.717, 1.165) is 13.0 Å². The van der Waals surface area contributed by atoms with Crippen molar-refractivity contribution in [1.82, 2.24) is 5.32 Å². The molecule has 1 aromatic rings. The van der Waals surface area contributed by atoms with Crippen molar-refractivity contribution in [2.45, 2.75) is 37.8 Å². The Hall–Kier alpha value is -0.860. The van der Waals surface area contributed by atoms with Crippen LogP contribution in [-0.2, 0) is 0 Å². The quantitative estimate of drug-likeness (QED) is 0.734. The van der Waals surface area contributed by atoms with Crippen LogP contribution in [0.25, 0.3) is 0 Å². The lowest BCUT2D eigenvalue weighted by Crippen LogP contribution is -2.55. The largest absolute Gasteiger partial charge is 0.391 e. The molecule has 2 unspecified atom stereocenters. The molecular formula is C13H19NO. The van der Waals surface area contributed by atoms with Gasteiger partial charge in [-0.25, -0.2) is 0 Å². The van der Waals surface area contributed by atoms with Crippen molar-refractivity contribution >= 4 is 0 Å². The maximum Gasteiger partial charge on any atom is 0.0722 e. The molecular weight excluding hydrogens is 186 g/mol. The zero-order valence-corrected chi connectivity index (χ0v) is 9.40. The molecule has 2 rings (SSSR count). The number of hydrogen-bond donors (Lipinski definition) is 2. The average Bonchev–Trinajstić information content (AvgIpc) is 2.23. The number of hydrogen-bond acceptors (Lipinski definition) is 2. The van der Waals surface area contributed by atoms with E-state index in [2.05, 4.69) is 43.4 Å². The Bertz CT molecular complexity index is 321. The first kappa shape index (κ1) is 10.7. The van der Waals surface area contributed by atoms with E-state index in [1.54, 1.807) is 0 Å². The molecule has 1 saturated heterocycles. The first-order valence-electron chi connectivity index (χ1n) is 5.57. The lowest BCUT2D eigenvalue weighted by molar-refractivity contribution is 0.0424. The van der Waals surface area contributed by atoms with Gasteiger partial charge >= 0.3 is 0 Å². The fraction of sp³-hybridized carbons (Fsp3) is 0.538. The summed E-state index contributed by atoms with van der Waals surface area (Å²) in [5.74, 6) is 0.439. The van der Waals surface area contributed by atoms with E-state index >= 15 is 0 Å². The molecule has 2 nitrogen and oxygen atoms in total. The summed E-state index contributed by atoms with van der Waals surface area (Å²) in [6.07, 6.45) is 0.584. The van der Waals surface area contributed by atoms with Crippen LogP contribution in [0.5, 0.6) is 0 Å². The highest BCUT2D eigenvalue weighted by Crippen LogP contribution is 2.29. The van der Waals surface area contributed by atoms with Crippen molar-refractivity contribution in [3.05, 3.63) is 35.9 Å². The van der Waals surface area contributed by atoms with Crippen LogP contribution in [0.15, 0.2) is 30.3 Å². The number of rotatable bonds is 1. The molecule has 1 fully saturated rings. The Balaban J connectivity index is 2.10. The van der Waals surface area contributed by atoms with Crippen LogP contribution in [-0.4, -0.2) is 23.3 Å². The van der Waals surface area contributed by atoms with E-state index in [-0.39, 0.29) is 11.6 Å². The van der Waals surface area contributed by atoms with Crippen LogP contribution in [0, 0.1) is 0 Å². The minimum atomic E-state index is -0.267. The SMILES string of the molecule is CC1(C)NCC(c2ccccc2)CC1O. The number of nitrogens with one attached hydrogen (secondary N) is 1. The Kier molecular flexibility index (Phi) is 2.81. The molecule has 0 aliphatic carbocycles. The highest BCUT2D eigenvalue weighted by Gasteiger charge is 2.34. The molecule has 0 saturated carbocycles. The Morgan fingerprint density at radius 1 is 1.27 bits per heavy atom. The van der Waals surface area contributed by atoms with E-state index in [0.29, 0.717) is 5.92 Å². The summed E-state index contributed by atoms with van der Waals surface area (Å²) >= 11 is 0. The van der Waals surface area contributed by atoms with Crippen LogP contribution in [0.1, 0.15) is 31.7 Å². The smallest absolute Gasteiger partial charge is 0.0722 e. The third-order valence-electron chi connectivity index (χ3n) is 3.42. The van der Waals surface area contributed by atoms with Gasteiger partial charge in [0.05, 0.1) is 6.10 Å². The molecule has 1 aliphatic heterocycles. The van der Waals surface area contributed by atoms with Gasteiger partial charge in [-0.3, -0.25) is 0 Å². The molecule has 0 radical (unpaired) electrons. The molecule has 2 atom stereocenters. The van der Waals surface area contributed by atoms with E-state index in [4.69, 9.17) is 0 Å². The van der Waals surface area contributed by atoms with Gasteiger partial charge in [-0.15, -0.1) is 0 Å². The average molecular weight is 205 g/mol. The third-order valence-corrected chi connectivity index (χ3v) is 3.42. The van der Waals surface area contributed by atoms with Gasteiger partial charge < -0.3 is 10.4 Å². The van der Waals surface area contributed by atoms with Crippen LogP contribution in [0.3, 0.4) is 0 Å². The summed E-state index contributed by atoms with van der Waals surface area (Å²) in [4.78, 5) is 0. The molecule has 1 aromatic carbocycles. The van der Waals surface area contributed by atoms with Gasteiger partial charge in [0.25, 0.3) is 0 Å². The molecule has 2 N–H and O–H groups in total. The first-order valence-corrected chi connectivity index (χ1v) is 5.57. The second-order valence-electron chi connectivity index (χ2n) is 4.96. The number of aliphatic hydroxyl groups is 1. The maximum absolute atomic E-state index is 10.0. The van der Waals surface area contributed by atoms with Gasteiger partial charge in [0.15, 0.2) is 0 Å². The van der Waals surface area contributed by atoms with Crippen molar-refractivity contribution in [2.24, 2.45) is 0 Å². The van der Waals surface area contributed by atoms with Crippen LogP contribution in [0.4, 0.5) is 0 Å².